The molecule has 0 unspecified atom stereocenters. The SMILES string of the molecule is c1ccc(-c2nc(CSc3nnc(CN4CCCC4)n3-c3ccccc3)co2)cc1. The molecule has 0 atom stereocenters. The quantitative estimate of drug-likeness (QED) is 0.402. The first-order valence-electron chi connectivity index (χ1n) is 10.2. The van der Waals surface area contributed by atoms with Gasteiger partial charge < -0.3 is 4.42 Å². The van der Waals surface area contributed by atoms with Gasteiger partial charge in [0.25, 0.3) is 0 Å². The maximum absolute atomic E-state index is 5.67. The molecule has 0 saturated carbocycles. The summed E-state index contributed by atoms with van der Waals surface area (Å²) in [5, 5.41) is 9.91. The maximum atomic E-state index is 5.67. The van der Waals surface area contributed by atoms with Gasteiger partial charge in [0.15, 0.2) is 11.0 Å². The van der Waals surface area contributed by atoms with Gasteiger partial charge in [-0.15, -0.1) is 10.2 Å². The highest BCUT2D eigenvalue weighted by Gasteiger charge is 2.20. The monoisotopic (exact) mass is 417 g/mol. The Morgan fingerprint density at radius 2 is 1.63 bits per heavy atom. The molecule has 6 nitrogen and oxygen atoms in total. The van der Waals surface area contributed by atoms with E-state index in [1.165, 1.54) is 12.8 Å². The van der Waals surface area contributed by atoms with E-state index in [9.17, 15) is 0 Å². The van der Waals surface area contributed by atoms with Crippen molar-refractivity contribution in [2.75, 3.05) is 13.1 Å². The first-order chi connectivity index (χ1) is 14.9. The summed E-state index contributed by atoms with van der Waals surface area (Å²) in [5.74, 6) is 2.30. The molecule has 0 N–H and O–H groups in total. The minimum atomic E-state index is 0.644. The van der Waals surface area contributed by atoms with Crippen molar-refractivity contribution < 1.29 is 4.42 Å². The van der Waals surface area contributed by atoms with Crippen molar-refractivity contribution in [3.63, 3.8) is 0 Å². The molecule has 3 heterocycles. The van der Waals surface area contributed by atoms with E-state index >= 15 is 0 Å². The van der Waals surface area contributed by atoms with E-state index in [0.29, 0.717) is 11.6 Å². The molecule has 1 aliphatic rings. The zero-order valence-electron chi connectivity index (χ0n) is 16.6. The number of para-hydroxylation sites is 1. The highest BCUT2D eigenvalue weighted by molar-refractivity contribution is 7.98. The van der Waals surface area contributed by atoms with E-state index in [1.807, 2.05) is 48.5 Å². The van der Waals surface area contributed by atoms with Crippen LogP contribution in [-0.2, 0) is 12.3 Å². The van der Waals surface area contributed by atoms with Gasteiger partial charge in [0, 0.05) is 17.0 Å². The van der Waals surface area contributed by atoms with Gasteiger partial charge in [-0.05, 0) is 50.2 Å². The highest BCUT2D eigenvalue weighted by Crippen LogP contribution is 2.27. The average molecular weight is 418 g/mol. The van der Waals surface area contributed by atoms with Gasteiger partial charge in [0.1, 0.15) is 6.26 Å². The summed E-state index contributed by atoms with van der Waals surface area (Å²) in [4.78, 5) is 7.08. The number of oxazole rings is 1. The number of aromatic nitrogens is 4. The Bertz CT molecular complexity index is 1090. The molecule has 0 amide bonds. The number of nitrogens with zero attached hydrogens (tertiary/aromatic N) is 5. The predicted octanol–water partition coefficient (Wildman–Crippen LogP) is 4.81. The third-order valence-corrected chi connectivity index (χ3v) is 6.16. The lowest BCUT2D eigenvalue weighted by atomic mass is 10.2. The van der Waals surface area contributed by atoms with Crippen LogP contribution in [-0.4, -0.2) is 37.7 Å². The van der Waals surface area contributed by atoms with Crippen molar-refractivity contribution in [2.24, 2.45) is 0 Å². The molecule has 4 aromatic rings. The fourth-order valence-corrected chi connectivity index (χ4v) is 4.55. The number of rotatable bonds is 7. The fraction of sp³-hybridized carbons (Fsp3) is 0.261. The van der Waals surface area contributed by atoms with Gasteiger partial charge in [-0.3, -0.25) is 9.47 Å². The second kappa shape index (κ2) is 8.85. The molecule has 2 aromatic carbocycles. The number of hydrogen-bond donors (Lipinski definition) is 0. The predicted molar refractivity (Wildman–Crippen MR) is 117 cm³/mol. The molecular formula is C23H23N5OS. The zero-order valence-corrected chi connectivity index (χ0v) is 17.5. The molecule has 7 heteroatoms. The molecule has 1 aliphatic heterocycles. The Kier molecular flexibility index (Phi) is 5.63. The van der Waals surface area contributed by atoms with Crippen LogP contribution in [0.15, 0.2) is 76.5 Å². The molecule has 0 radical (unpaired) electrons. The van der Waals surface area contributed by atoms with Crippen molar-refractivity contribution in [1.82, 2.24) is 24.6 Å². The summed E-state index contributed by atoms with van der Waals surface area (Å²) < 4.78 is 7.84. The molecular weight excluding hydrogens is 394 g/mol. The van der Waals surface area contributed by atoms with Crippen molar-refractivity contribution >= 4 is 11.8 Å². The van der Waals surface area contributed by atoms with Gasteiger partial charge in [-0.2, -0.15) is 0 Å². The molecule has 0 spiro atoms. The summed E-state index contributed by atoms with van der Waals surface area (Å²) in [6.07, 6.45) is 4.25. The Morgan fingerprint density at radius 1 is 0.900 bits per heavy atom. The zero-order chi connectivity index (χ0) is 20.2. The molecule has 1 saturated heterocycles. The topological polar surface area (TPSA) is 60.0 Å². The minimum absolute atomic E-state index is 0.644. The number of benzene rings is 2. The molecule has 30 heavy (non-hydrogen) atoms. The van der Waals surface area contributed by atoms with Crippen LogP contribution in [0.1, 0.15) is 24.4 Å². The average Bonchev–Trinajstić information content (AvgIpc) is 3.55. The first-order valence-corrected chi connectivity index (χ1v) is 11.2. The van der Waals surface area contributed by atoms with Gasteiger partial charge in [-0.1, -0.05) is 48.2 Å². The largest absolute Gasteiger partial charge is 0.444 e. The summed E-state index contributed by atoms with van der Waals surface area (Å²) in [5.41, 5.74) is 2.96. The van der Waals surface area contributed by atoms with Gasteiger partial charge in [0.05, 0.1) is 12.2 Å². The molecule has 0 bridgehead atoms. The molecule has 1 fully saturated rings. The Hall–Kier alpha value is -2.90. The highest BCUT2D eigenvalue weighted by atomic mass is 32.2. The minimum Gasteiger partial charge on any atom is -0.444 e. The van der Waals surface area contributed by atoms with Crippen LogP contribution in [0.5, 0.6) is 0 Å². The van der Waals surface area contributed by atoms with E-state index in [0.717, 1.165) is 47.6 Å². The van der Waals surface area contributed by atoms with Crippen LogP contribution < -0.4 is 0 Å². The summed E-state index contributed by atoms with van der Waals surface area (Å²) in [6.45, 7) is 3.08. The molecule has 152 valence electrons. The van der Waals surface area contributed by atoms with Gasteiger partial charge in [-0.25, -0.2) is 4.98 Å². The van der Waals surface area contributed by atoms with E-state index in [4.69, 9.17) is 4.42 Å². The van der Waals surface area contributed by atoms with Crippen molar-refractivity contribution in [3.05, 3.63) is 78.4 Å². The lowest BCUT2D eigenvalue weighted by Crippen LogP contribution is -2.21. The van der Waals surface area contributed by atoms with Crippen LogP contribution >= 0.6 is 11.8 Å². The Labute approximate surface area is 180 Å². The third kappa shape index (κ3) is 4.17. The van der Waals surface area contributed by atoms with Crippen LogP contribution in [0.2, 0.25) is 0 Å². The number of thioether (sulfide) groups is 1. The van der Waals surface area contributed by atoms with Crippen molar-refractivity contribution in [1.29, 1.82) is 0 Å². The summed E-state index contributed by atoms with van der Waals surface area (Å²) in [7, 11) is 0. The molecule has 2 aromatic heterocycles. The van der Waals surface area contributed by atoms with Gasteiger partial charge >= 0.3 is 0 Å². The van der Waals surface area contributed by atoms with E-state index in [-0.39, 0.29) is 0 Å². The second-order valence-electron chi connectivity index (χ2n) is 7.35. The smallest absolute Gasteiger partial charge is 0.226 e. The van der Waals surface area contributed by atoms with Crippen LogP contribution in [0, 0.1) is 0 Å². The van der Waals surface area contributed by atoms with Gasteiger partial charge in [0.2, 0.25) is 5.89 Å². The van der Waals surface area contributed by atoms with E-state index in [1.54, 1.807) is 18.0 Å². The standard InChI is InChI=1S/C23H23N5OS/c1-3-9-18(10-4-1)22-24-19(16-29-22)17-30-23-26-25-21(15-27-13-7-8-14-27)28(23)20-11-5-2-6-12-20/h1-6,9-12,16H,7-8,13-15,17H2. The summed E-state index contributed by atoms with van der Waals surface area (Å²) in [6, 6.07) is 20.3. The normalized spacial score (nSPS) is 14.4. The lowest BCUT2D eigenvalue weighted by Gasteiger charge is -2.15. The third-order valence-electron chi connectivity index (χ3n) is 5.20. The van der Waals surface area contributed by atoms with Crippen LogP contribution in [0.25, 0.3) is 17.1 Å². The number of likely N-dealkylation sites (tertiary alicyclic amines) is 1. The molecule has 0 aliphatic carbocycles. The first kappa shape index (κ1) is 19.1. The van der Waals surface area contributed by atoms with E-state index in [2.05, 4.69) is 36.8 Å². The second-order valence-corrected chi connectivity index (χ2v) is 8.29. The molecule has 5 rings (SSSR count). The van der Waals surface area contributed by atoms with Crippen molar-refractivity contribution in [3.8, 4) is 17.1 Å². The van der Waals surface area contributed by atoms with Crippen LogP contribution in [0.3, 0.4) is 0 Å². The summed E-state index contributed by atoms with van der Waals surface area (Å²) >= 11 is 1.63. The maximum Gasteiger partial charge on any atom is 0.226 e. The van der Waals surface area contributed by atoms with Crippen molar-refractivity contribution in [2.45, 2.75) is 30.3 Å². The van der Waals surface area contributed by atoms with E-state index < -0.39 is 0 Å². The fourth-order valence-electron chi connectivity index (χ4n) is 3.70. The Morgan fingerprint density at radius 3 is 2.40 bits per heavy atom. The van der Waals surface area contributed by atoms with Crippen LogP contribution in [0.4, 0.5) is 0 Å². The number of hydrogen-bond acceptors (Lipinski definition) is 6. The Balaban J connectivity index is 1.36. The lowest BCUT2D eigenvalue weighted by molar-refractivity contribution is 0.319.